The molecule has 0 amide bonds. The average molecular weight is 212 g/mol. The predicted octanol–water partition coefficient (Wildman–Crippen LogP) is 0.687. The van der Waals surface area contributed by atoms with Gasteiger partial charge in [0, 0.05) is 19.1 Å². The molecular weight excluding hydrogens is 188 g/mol. The molecule has 0 bridgehead atoms. The van der Waals surface area contributed by atoms with E-state index < -0.39 is 5.60 Å². The summed E-state index contributed by atoms with van der Waals surface area (Å²) in [7, 11) is 0. The highest BCUT2D eigenvalue weighted by molar-refractivity contribution is 4.96. The van der Waals surface area contributed by atoms with Gasteiger partial charge in [-0.1, -0.05) is 0 Å². The first-order valence-corrected chi connectivity index (χ1v) is 6.14. The molecule has 0 aromatic rings. The van der Waals surface area contributed by atoms with Gasteiger partial charge in [0.1, 0.15) is 0 Å². The van der Waals surface area contributed by atoms with Crippen LogP contribution in [0.1, 0.15) is 27.2 Å². The van der Waals surface area contributed by atoms with E-state index in [1.807, 2.05) is 13.8 Å². The molecule has 2 aliphatic rings. The molecule has 3 unspecified atom stereocenters. The Morgan fingerprint density at radius 2 is 2.13 bits per heavy atom. The number of fused-ring (bicyclic) bond motifs is 1. The van der Waals surface area contributed by atoms with Crippen molar-refractivity contribution in [1.29, 1.82) is 0 Å². The van der Waals surface area contributed by atoms with E-state index in [1.165, 1.54) is 19.6 Å². The fourth-order valence-electron chi connectivity index (χ4n) is 2.97. The quantitative estimate of drug-likeness (QED) is 0.722. The summed E-state index contributed by atoms with van der Waals surface area (Å²) in [6.45, 7) is 10.8. The molecule has 2 fully saturated rings. The van der Waals surface area contributed by atoms with E-state index in [4.69, 9.17) is 0 Å². The Morgan fingerprint density at radius 1 is 1.40 bits per heavy atom. The van der Waals surface area contributed by atoms with Gasteiger partial charge in [0.05, 0.1) is 5.60 Å². The lowest BCUT2D eigenvalue weighted by atomic mass is 9.95. The Labute approximate surface area is 92.8 Å². The first-order valence-electron chi connectivity index (χ1n) is 6.14. The van der Waals surface area contributed by atoms with Gasteiger partial charge in [-0.2, -0.15) is 0 Å². The van der Waals surface area contributed by atoms with Crippen molar-refractivity contribution >= 4 is 0 Å². The molecule has 0 radical (unpaired) electrons. The van der Waals surface area contributed by atoms with Crippen LogP contribution in [0.3, 0.4) is 0 Å². The minimum atomic E-state index is -0.518. The van der Waals surface area contributed by atoms with Gasteiger partial charge in [-0.05, 0) is 52.1 Å². The minimum absolute atomic E-state index is 0.518. The van der Waals surface area contributed by atoms with Gasteiger partial charge in [-0.25, -0.2) is 0 Å². The summed E-state index contributed by atoms with van der Waals surface area (Å²) in [5.41, 5.74) is -0.518. The zero-order chi connectivity index (χ0) is 11.1. The van der Waals surface area contributed by atoms with Crippen LogP contribution in [0.15, 0.2) is 0 Å². The highest BCUT2D eigenvalue weighted by atomic mass is 16.3. The Morgan fingerprint density at radius 3 is 2.73 bits per heavy atom. The standard InChI is InChI=1S/C12H24N2O/c1-9-11-7-13-6-10(11)8-14(9)5-4-12(2,3)15/h9-11,13,15H,4-8H2,1-3H3. The molecule has 3 atom stereocenters. The van der Waals surface area contributed by atoms with Gasteiger partial charge < -0.3 is 10.4 Å². The van der Waals surface area contributed by atoms with E-state index >= 15 is 0 Å². The molecule has 0 aromatic heterocycles. The van der Waals surface area contributed by atoms with Crippen LogP contribution in [-0.2, 0) is 0 Å². The molecule has 0 aromatic carbocycles. The Bertz CT molecular complexity index is 224. The second-order valence-corrected chi connectivity index (χ2v) is 5.88. The van der Waals surface area contributed by atoms with E-state index in [0.29, 0.717) is 6.04 Å². The molecule has 15 heavy (non-hydrogen) atoms. The highest BCUT2D eigenvalue weighted by Crippen LogP contribution is 2.32. The predicted molar refractivity (Wildman–Crippen MR) is 61.8 cm³/mol. The molecule has 2 N–H and O–H groups in total. The van der Waals surface area contributed by atoms with E-state index in [-0.39, 0.29) is 0 Å². The van der Waals surface area contributed by atoms with Crippen LogP contribution >= 0.6 is 0 Å². The Balaban J connectivity index is 1.85. The minimum Gasteiger partial charge on any atom is -0.390 e. The zero-order valence-corrected chi connectivity index (χ0v) is 10.2. The van der Waals surface area contributed by atoms with E-state index in [9.17, 15) is 5.11 Å². The molecule has 2 aliphatic heterocycles. The SMILES string of the molecule is CC1C2CNCC2CN1CCC(C)(C)O. The maximum absolute atomic E-state index is 9.73. The Hall–Kier alpha value is -0.120. The number of likely N-dealkylation sites (tertiary alicyclic amines) is 1. The van der Waals surface area contributed by atoms with Crippen LogP contribution in [0.5, 0.6) is 0 Å². The van der Waals surface area contributed by atoms with Gasteiger partial charge in [0.15, 0.2) is 0 Å². The van der Waals surface area contributed by atoms with Crippen LogP contribution in [0.4, 0.5) is 0 Å². The van der Waals surface area contributed by atoms with Gasteiger partial charge >= 0.3 is 0 Å². The Kier molecular flexibility index (Phi) is 3.06. The molecular formula is C12H24N2O. The fraction of sp³-hybridized carbons (Fsp3) is 1.00. The summed E-state index contributed by atoms with van der Waals surface area (Å²) in [4.78, 5) is 2.55. The smallest absolute Gasteiger partial charge is 0.0603 e. The zero-order valence-electron chi connectivity index (χ0n) is 10.2. The third kappa shape index (κ3) is 2.52. The number of hydrogen-bond donors (Lipinski definition) is 2. The summed E-state index contributed by atoms with van der Waals surface area (Å²) >= 11 is 0. The first kappa shape index (κ1) is 11.4. The van der Waals surface area contributed by atoms with Crippen molar-refractivity contribution in [3.63, 3.8) is 0 Å². The molecule has 3 heteroatoms. The van der Waals surface area contributed by atoms with Crippen LogP contribution in [0.2, 0.25) is 0 Å². The summed E-state index contributed by atoms with van der Waals surface area (Å²) in [6, 6.07) is 0.687. The molecule has 0 aliphatic carbocycles. The average Bonchev–Trinajstić information content (AvgIpc) is 2.65. The van der Waals surface area contributed by atoms with Crippen molar-refractivity contribution in [2.45, 2.75) is 38.8 Å². The van der Waals surface area contributed by atoms with Crippen molar-refractivity contribution in [3.8, 4) is 0 Å². The largest absolute Gasteiger partial charge is 0.390 e. The third-order valence-electron chi connectivity index (χ3n) is 4.07. The molecule has 3 nitrogen and oxygen atoms in total. The first-order chi connectivity index (χ1) is 6.97. The van der Waals surface area contributed by atoms with Crippen molar-refractivity contribution < 1.29 is 5.11 Å². The molecule has 0 spiro atoms. The summed E-state index contributed by atoms with van der Waals surface area (Å²) in [5.74, 6) is 1.69. The molecule has 0 saturated carbocycles. The van der Waals surface area contributed by atoms with Crippen LogP contribution in [-0.4, -0.2) is 47.8 Å². The summed E-state index contributed by atoms with van der Waals surface area (Å²) in [6.07, 6.45) is 0.879. The number of nitrogens with zero attached hydrogens (tertiary/aromatic N) is 1. The fourth-order valence-corrected chi connectivity index (χ4v) is 2.97. The number of hydrogen-bond acceptors (Lipinski definition) is 3. The second kappa shape index (κ2) is 4.04. The maximum atomic E-state index is 9.73. The third-order valence-corrected chi connectivity index (χ3v) is 4.07. The van der Waals surface area contributed by atoms with Gasteiger partial charge in [-0.15, -0.1) is 0 Å². The lowest BCUT2D eigenvalue weighted by Gasteiger charge is -2.27. The van der Waals surface area contributed by atoms with E-state index in [1.54, 1.807) is 0 Å². The molecule has 2 rings (SSSR count). The lowest BCUT2D eigenvalue weighted by Crippen LogP contribution is -2.36. The molecule has 88 valence electrons. The highest BCUT2D eigenvalue weighted by Gasteiger charge is 2.41. The van der Waals surface area contributed by atoms with Crippen molar-refractivity contribution in [2.75, 3.05) is 26.2 Å². The normalized spacial score (nSPS) is 37.2. The second-order valence-electron chi connectivity index (χ2n) is 5.88. The number of nitrogens with one attached hydrogen (secondary N) is 1. The topological polar surface area (TPSA) is 35.5 Å². The monoisotopic (exact) mass is 212 g/mol. The number of rotatable bonds is 3. The molecule has 2 heterocycles. The molecule has 2 saturated heterocycles. The van der Waals surface area contributed by atoms with Gasteiger partial charge in [-0.3, -0.25) is 4.90 Å². The summed E-state index contributed by atoms with van der Waals surface area (Å²) in [5, 5.41) is 13.2. The number of aliphatic hydroxyl groups is 1. The van der Waals surface area contributed by atoms with Gasteiger partial charge in [0.25, 0.3) is 0 Å². The van der Waals surface area contributed by atoms with Crippen molar-refractivity contribution in [2.24, 2.45) is 11.8 Å². The maximum Gasteiger partial charge on any atom is 0.0603 e. The summed E-state index contributed by atoms with van der Waals surface area (Å²) < 4.78 is 0. The van der Waals surface area contributed by atoms with E-state index in [2.05, 4.69) is 17.1 Å². The van der Waals surface area contributed by atoms with Crippen LogP contribution in [0.25, 0.3) is 0 Å². The van der Waals surface area contributed by atoms with Crippen molar-refractivity contribution in [1.82, 2.24) is 10.2 Å². The van der Waals surface area contributed by atoms with E-state index in [0.717, 1.165) is 24.8 Å². The van der Waals surface area contributed by atoms with Crippen LogP contribution in [0, 0.1) is 11.8 Å². The van der Waals surface area contributed by atoms with Crippen LogP contribution < -0.4 is 5.32 Å². The van der Waals surface area contributed by atoms with Gasteiger partial charge in [0.2, 0.25) is 0 Å². The lowest BCUT2D eigenvalue weighted by molar-refractivity contribution is 0.0553. The van der Waals surface area contributed by atoms with Crippen molar-refractivity contribution in [3.05, 3.63) is 0 Å².